The number of carbonyl (C=O) groups excluding carboxylic acids is 1. The van der Waals surface area contributed by atoms with Gasteiger partial charge in [0.15, 0.2) is 6.33 Å². The topological polar surface area (TPSA) is 47.4 Å². The number of hydrogen-bond acceptors (Lipinski definition) is 3. The van der Waals surface area contributed by atoms with Crippen LogP contribution >= 0.6 is 0 Å². The van der Waals surface area contributed by atoms with Crippen LogP contribution in [0.15, 0.2) is 42.5 Å². The van der Waals surface area contributed by atoms with Crippen LogP contribution in [0.1, 0.15) is 25.8 Å². The summed E-state index contributed by atoms with van der Waals surface area (Å²) in [6.45, 7) is 3.11. The van der Waals surface area contributed by atoms with Crippen LogP contribution in [0.4, 0.5) is 4.39 Å². The molecule has 6 heteroatoms. The molecule has 0 unspecified atom stereocenters. The van der Waals surface area contributed by atoms with E-state index in [1.165, 1.54) is 12.1 Å². The van der Waals surface area contributed by atoms with Gasteiger partial charge in [-0.1, -0.05) is 0 Å². The highest BCUT2D eigenvalue weighted by atomic mass is 19.1. The number of fused-ring (bicyclic) bond motifs is 1. The Labute approximate surface area is 151 Å². The van der Waals surface area contributed by atoms with Crippen molar-refractivity contribution in [2.24, 2.45) is 0 Å². The molecule has 1 amide bonds. The smallest absolute Gasteiger partial charge is 0.219 e. The van der Waals surface area contributed by atoms with Crippen LogP contribution in [-0.2, 0) is 4.79 Å². The first kappa shape index (κ1) is 16.6. The molecular formula is C20H19FN3O2. The lowest BCUT2D eigenvalue weighted by Crippen LogP contribution is -2.37. The molecule has 1 saturated heterocycles. The molecule has 2 aromatic carbocycles. The average molecular weight is 352 g/mol. The zero-order valence-corrected chi connectivity index (χ0v) is 14.5. The molecule has 0 saturated carbocycles. The number of aromatic nitrogens is 2. The molecule has 0 spiro atoms. The third kappa shape index (κ3) is 3.27. The molecule has 3 aromatic rings. The van der Waals surface area contributed by atoms with Crippen molar-refractivity contribution in [1.82, 2.24) is 14.5 Å². The van der Waals surface area contributed by atoms with E-state index in [2.05, 4.69) is 11.3 Å². The van der Waals surface area contributed by atoms with Gasteiger partial charge in [-0.05, 0) is 49.2 Å². The van der Waals surface area contributed by atoms with Crippen molar-refractivity contribution < 1.29 is 13.9 Å². The van der Waals surface area contributed by atoms with Gasteiger partial charge in [-0.15, -0.1) is 0 Å². The van der Waals surface area contributed by atoms with Crippen LogP contribution in [0, 0.1) is 12.1 Å². The number of carbonyl (C=O) groups is 1. The molecule has 1 aliphatic heterocycles. The van der Waals surface area contributed by atoms with Gasteiger partial charge in [0, 0.05) is 32.1 Å². The lowest BCUT2D eigenvalue weighted by molar-refractivity contribution is -0.130. The maximum absolute atomic E-state index is 13.0. The maximum atomic E-state index is 13.0. The van der Waals surface area contributed by atoms with Gasteiger partial charge in [0.2, 0.25) is 5.91 Å². The lowest BCUT2D eigenvalue weighted by Gasteiger charge is -2.32. The van der Waals surface area contributed by atoms with E-state index in [0.29, 0.717) is 11.5 Å². The molecule has 26 heavy (non-hydrogen) atoms. The van der Waals surface area contributed by atoms with Crippen LogP contribution in [0.5, 0.6) is 11.5 Å². The Balaban J connectivity index is 1.57. The summed E-state index contributed by atoms with van der Waals surface area (Å²) in [5.74, 6) is 1.08. The minimum atomic E-state index is -0.294. The number of likely N-dealkylation sites (tertiary alicyclic amines) is 1. The average Bonchev–Trinajstić information content (AvgIpc) is 3.07. The molecule has 1 radical (unpaired) electrons. The van der Waals surface area contributed by atoms with Gasteiger partial charge >= 0.3 is 0 Å². The Hall–Kier alpha value is -2.89. The predicted octanol–water partition coefficient (Wildman–Crippen LogP) is 3.95. The number of rotatable bonds is 3. The minimum Gasteiger partial charge on any atom is -0.457 e. The second-order valence-electron chi connectivity index (χ2n) is 6.53. The number of imidazole rings is 1. The van der Waals surface area contributed by atoms with Gasteiger partial charge in [-0.3, -0.25) is 4.79 Å². The van der Waals surface area contributed by atoms with Gasteiger partial charge in [-0.25, -0.2) is 9.37 Å². The summed E-state index contributed by atoms with van der Waals surface area (Å²) in [5.41, 5.74) is 1.80. The predicted molar refractivity (Wildman–Crippen MR) is 95.6 cm³/mol. The monoisotopic (exact) mass is 352 g/mol. The second-order valence-corrected chi connectivity index (χ2v) is 6.53. The molecule has 5 nitrogen and oxygen atoms in total. The number of ether oxygens (including phenoxy) is 1. The number of piperidine rings is 1. The van der Waals surface area contributed by atoms with E-state index in [4.69, 9.17) is 4.74 Å². The first-order valence-corrected chi connectivity index (χ1v) is 8.69. The van der Waals surface area contributed by atoms with Crippen molar-refractivity contribution in [2.45, 2.75) is 25.8 Å². The zero-order chi connectivity index (χ0) is 18.1. The number of halogens is 1. The molecule has 0 aliphatic carbocycles. The number of hydrogen-bond donors (Lipinski definition) is 0. The number of benzene rings is 2. The maximum Gasteiger partial charge on any atom is 0.219 e. The van der Waals surface area contributed by atoms with Gasteiger partial charge in [0.25, 0.3) is 0 Å². The SMILES string of the molecule is CC(=O)N1CCC(n2[c]nc3ccc(Oc4ccc(F)cc4)cc32)CC1. The molecule has 0 N–H and O–H groups in total. The van der Waals surface area contributed by atoms with Gasteiger partial charge < -0.3 is 14.2 Å². The van der Waals surface area contributed by atoms with Crippen LogP contribution < -0.4 is 4.74 Å². The van der Waals surface area contributed by atoms with Gasteiger partial charge in [0.05, 0.1) is 11.0 Å². The van der Waals surface area contributed by atoms with Crippen LogP contribution in [-0.4, -0.2) is 33.4 Å². The van der Waals surface area contributed by atoms with Crippen molar-refractivity contribution in [1.29, 1.82) is 0 Å². The molecule has 0 atom stereocenters. The van der Waals surface area contributed by atoms with Gasteiger partial charge in [0.1, 0.15) is 17.3 Å². The van der Waals surface area contributed by atoms with Crippen molar-refractivity contribution >= 4 is 16.9 Å². The Bertz CT molecular complexity index is 928. The summed E-state index contributed by atoms with van der Waals surface area (Å²) in [4.78, 5) is 17.7. The molecule has 2 heterocycles. The van der Waals surface area contributed by atoms with E-state index >= 15 is 0 Å². The fourth-order valence-corrected chi connectivity index (χ4v) is 3.37. The highest BCUT2D eigenvalue weighted by Crippen LogP contribution is 2.30. The summed E-state index contributed by atoms with van der Waals surface area (Å²) in [6.07, 6.45) is 4.84. The highest BCUT2D eigenvalue weighted by Gasteiger charge is 2.23. The fraction of sp³-hybridized carbons (Fsp3) is 0.300. The summed E-state index contributed by atoms with van der Waals surface area (Å²) in [6, 6.07) is 11.9. The Morgan fingerprint density at radius 1 is 1.15 bits per heavy atom. The molecule has 0 bridgehead atoms. The quantitative estimate of drug-likeness (QED) is 0.717. The largest absolute Gasteiger partial charge is 0.457 e. The van der Waals surface area contributed by atoms with Crippen molar-refractivity contribution in [3.05, 3.63) is 54.6 Å². The first-order chi connectivity index (χ1) is 12.6. The van der Waals surface area contributed by atoms with E-state index in [1.54, 1.807) is 19.1 Å². The molecule has 1 aromatic heterocycles. The van der Waals surface area contributed by atoms with Crippen molar-refractivity contribution in [3.63, 3.8) is 0 Å². The standard InChI is InChI=1S/C20H19FN3O2/c1-14(25)23-10-8-16(9-11-23)24-13-22-19-7-6-18(12-20(19)24)26-17-4-2-15(21)3-5-17/h2-7,12,16H,8-11H2,1H3. The summed E-state index contributed by atoms with van der Waals surface area (Å²) in [5, 5.41) is 0. The van der Waals surface area contributed by atoms with E-state index in [-0.39, 0.29) is 17.8 Å². The molecule has 1 aliphatic rings. The Kier molecular flexibility index (Phi) is 4.32. The number of nitrogens with zero attached hydrogens (tertiary/aromatic N) is 3. The minimum absolute atomic E-state index is 0.123. The normalized spacial score (nSPS) is 15.4. The van der Waals surface area contributed by atoms with Crippen molar-refractivity contribution in [3.8, 4) is 11.5 Å². The summed E-state index contributed by atoms with van der Waals surface area (Å²) in [7, 11) is 0. The molecule has 4 rings (SSSR count). The third-order valence-corrected chi connectivity index (χ3v) is 4.81. The van der Waals surface area contributed by atoms with Crippen LogP contribution in [0.25, 0.3) is 11.0 Å². The molecular weight excluding hydrogens is 333 g/mol. The van der Waals surface area contributed by atoms with E-state index in [0.717, 1.165) is 37.0 Å². The Morgan fingerprint density at radius 3 is 2.54 bits per heavy atom. The van der Waals surface area contributed by atoms with Crippen molar-refractivity contribution in [2.75, 3.05) is 13.1 Å². The molecule has 133 valence electrons. The Morgan fingerprint density at radius 2 is 1.85 bits per heavy atom. The third-order valence-electron chi connectivity index (χ3n) is 4.81. The van der Waals surface area contributed by atoms with E-state index < -0.39 is 0 Å². The van der Waals surface area contributed by atoms with E-state index in [1.807, 2.05) is 27.7 Å². The van der Waals surface area contributed by atoms with Crippen LogP contribution in [0.3, 0.4) is 0 Å². The molecule has 1 fully saturated rings. The lowest BCUT2D eigenvalue weighted by atomic mass is 10.0. The summed E-state index contributed by atoms with van der Waals surface area (Å²) < 4.78 is 20.9. The second kappa shape index (κ2) is 6.78. The zero-order valence-electron chi connectivity index (χ0n) is 14.5. The van der Waals surface area contributed by atoms with Gasteiger partial charge in [-0.2, -0.15) is 0 Å². The number of amides is 1. The van der Waals surface area contributed by atoms with Crippen LogP contribution in [0.2, 0.25) is 0 Å². The first-order valence-electron chi connectivity index (χ1n) is 8.69. The fourth-order valence-electron chi connectivity index (χ4n) is 3.37. The highest BCUT2D eigenvalue weighted by molar-refractivity contribution is 5.77. The van der Waals surface area contributed by atoms with E-state index in [9.17, 15) is 9.18 Å². The summed E-state index contributed by atoms with van der Waals surface area (Å²) >= 11 is 0.